The van der Waals surface area contributed by atoms with Crippen molar-refractivity contribution in [1.29, 1.82) is 0 Å². The molecule has 0 spiro atoms. The molecule has 2 aromatic carbocycles. The van der Waals surface area contributed by atoms with Gasteiger partial charge in [-0.3, -0.25) is 4.79 Å². The number of pyridine rings is 1. The highest BCUT2D eigenvalue weighted by molar-refractivity contribution is 7.15. The van der Waals surface area contributed by atoms with E-state index in [9.17, 15) is 4.79 Å². The molecular formula is C25H24N2O2S. The Hall–Kier alpha value is -3.02. The van der Waals surface area contributed by atoms with Gasteiger partial charge in [0.2, 0.25) is 0 Å². The van der Waals surface area contributed by atoms with Crippen LogP contribution in [0.3, 0.4) is 0 Å². The predicted octanol–water partition coefficient (Wildman–Crippen LogP) is 5.60. The highest BCUT2D eigenvalue weighted by Crippen LogP contribution is 2.30. The summed E-state index contributed by atoms with van der Waals surface area (Å²) in [5.74, 6) is 0. The molecule has 0 saturated heterocycles. The normalized spacial score (nSPS) is 11.0. The standard InChI is InChI=1S/C25H24N2O2S/c1-3-29-16-18-10-9-17(2)21(12-18)14-24-27-15-23(30-24)20-7-4-6-19(13-20)22-8-5-11-26-25(22)28/h4-13,15H,3,14,16H2,1-2H3,(H,26,28). The van der Waals surface area contributed by atoms with Crippen molar-refractivity contribution < 1.29 is 4.74 Å². The van der Waals surface area contributed by atoms with Crippen molar-refractivity contribution >= 4 is 11.3 Å². The van der Waals surface area contributed by atoms with Gasteiger partial charge in [0.1, 0.15) is 0 Å². The number of nitrogens with one attached hydrogen (secondary N) is 1. The number of aryl methyl sites for hydroxylation is 1. The number of ether oxygens (including phenoxy) is 1. The van der Waals surface area contributed by atoms with Crippen molar-refractivity contribution in [2.45, 2.75) is 26.9 Å². The Morgan fingerprint density at radius 1 is 1.07 bits per heavy atom. The molecule has 30 heavy (non-hydrogen) atoms. The number of thiazole rings is 1. The van der Waals surface area contributed by atoms with Gasteiger partial charge < -0.3 is 9.72 Å². The number of benzene rings is 2. The SMILES string of the molecule is CCOCc1ccc(C)c(Cc2ncc(-c3cccc(-c4ccc[nH]c4=O)c3)s2)c1. The second-order valence-corrected chi connectivity index (χ2v) is 8.30. The van der Waals surface area contributed by atoms with E-state index in [1.807, 2.05) is 37.4 Å². The molecule has 0 fully saturated rings. The van der Waals surface area contributed by atoms with Gasteiger partial charge in [0.15, 0.2) is 0 Å². The van der Waals surface area contributed by atoms with Crippen LogP contribution in [0.1, 0.15) is 28.6 Å². The molecule has 0 radical (unpaired) electrons. The van der Waals surface area contributed by atoms with Crippen molar-refractivity contribution in [3.05, 3.63) is 99.0 Å². The minimum atomic E-state index is -0.0814. The molecule has 0 bridgehead atoms. The van der Waals surface area contributed by atoms with Crippen molar-refractivity contribution in [2.75, 3.05) is 6.61 Å². The number of aromatic nitrogens is 2. The van der Waals surface area contributed by atoms with Crippen LogP contribution >= 0.6 is 11.3 Å². The molecule has 0 atom stereocenters. The molecule has 0 aliphatic rings. The summed E-state index contributed by atoms with van der Waals surface area (Å²) in [4.78, 5) is 20.6. The number of H-pyrrole nitrogens is 1. The van der Waals surface area contributed by atoms with Crippen LogP contribution in [0.2, 0.25) is 0 Å². The number of hydrogen-bond acceptors (Lipinski definition) is 4. The van der Waals surface area contributed by atoms with Gasteiger partial charge in [0, 0.05) is 31.0 Å². The third-order valence-electron chi connectivity index (χ3n) is 5.06. The molecule has 0 aliphatic heterocycles. The first kappa shape index (κ1) is 20.3. The van der Waals surface area contributed by atoms with E-state index in [1.165, 1.54) is 16.7 Å². The van der Waals surface area contributed by atoms with Crippen LogP contribution in [0, 0.1) is 6.92 Å². The maximum atomic E-state index is 12.1. The molecule has 4 aromatic rings. The topological polar surface area (TPSA) is 55.0 Å². The van der Waals surface area contributed by atoms with Crippen molar-refractivity contribution in [3.8, 4) is 21.6 Å². The fourth-order valence-electron chi connectivity index (χ4n) is 3.40. The molecular weight excluding hydrogens is 392 g/mol. The lowest BCUT2D eigenvalue weighted by Crippen LogP contribution is -2.06. The van der Waals surface area contributed by atoms with Gasteiger partial charge in [-0.2, -0.15) is 0 Å². The van der Waals surface area contributed by atoms with Crippen LogP contribution in [0.5, 0.6) is 0 Å². The second-order valence-electron chi connectivity index (χ2n) is 7.19. The Kier molecular flexibility index (Phi) is 6.21. The molecule has 152 valence electrons. The van der Waals surface area contributed by atoms with Crippen molar-refractivity contribution in [3.63, 3.8) is 0 Å². The summed E-state index contributed by atoms with van der Waals surface area (Å²) < 4.78 is 5.55. The zero-order chi connectivity index (χ0) is 20.9. The quantitative estimate of drug-likeness (QED) is 0.427. The summed E-state index contributed by atoms with van der Waals surface area (Å²) in [5.41, 5.74) is 6.29. The summed E-state index contributed by atoms with van der Waals surface area (Å²) in [5, 5.41) is 1.07. The largest absolute Gasteiger partial charge is 0.377 e. The molecule has 0 amide bonds. The third-order valence-corrected chi connectivity index (χ3v) is 6.10. The lowest BCUT2D eigenvalue weighted by molar-refractivity contribution is 0.134. The Balaban J connectivity index is 1.58. The maximum Gasteiger partial charge on any atom is 0.255 e. The van der Waals surface area contributed by atoms with Gasteiger partial charge >= 0.3 is 0 Å². The number of aromatic amines is 1. The average molecular weight is 417 g/mol. The minimum absolute atomic E-state index is 0.0814. The first-order valence-corrected chi connectivity index (χ1v) is 10.8. The molecule has 0 unspecified atom stereocenters. The molecule has 0 saturated carbocycles. The highest BCUT2D eigenvalue weighted by Gasteiger charge is 2.10. The minimum Gasteiger partial charge on any atom is -0.377 e. The smallest absolute Gasteiger partial charge is 0.255 e. The Labute approximate surface area is 180 Å². The molecule has 0 aliphatic carbocycles. The number of hydrogen-bond donors (Lipinski definition) is 1. The monoisotopic (exact) mass is 416 g/mol. The van der Waals surface area contributed by atoms with Crippen LogP contribution in [0.15, 0.2) is 71.8 Å². The van der Waals surface area contributed by atoms with Crippen LogP contribution < -0.4 is 5.56 Å². The van der Waals surface area contributed by atoms with Crippen molar-refractivity contribution in [2.24, 2.45) is 0 Å². The van der Waals surface area contributed by atoms with Gasteiger partial charge in [0.05, 0.1) is 16.5 Å². The maximum absolute atomic E-state index is 12.1. The van der Waals surface area contributed by atoms with E-state index in [2.05, 4.69) is 47.2 Å². The van der Waals surface area contributed by atoms with E-state index in [0.717, 1.165) is 27.4 Å². The lowest BCUT2D eigenvalue weighted by Gasteiger charge is -2.08. The molecule has 2 aromatic heterocycles. The predicted molar refractivity (Wildman–Crippen MR) is 123 cm³/mol. The van der Waals surface area contributed by atoms with Crippen LogP contribution in [-0.2, 0) is 17.8 Å². The van der Waals surface area contributed by atoms with E-state index < -0.39 is 0 Å². The van der Waals surface area contributed by atoms with E-state index >= 15 is 0 Å². The van der Waals surface area contributed by atoms with Crippen LogP contribution in [-0.4, -0.2) is 16.6 Å². The van der Waals surface area contributed by atoms with Gasteiger partial charge in [0.25, 0.3) is 5.56 Å². The summed E-state index contributed by atoms with van der Waals surface area (Å²) >= 11 is 1.69. The van der Waals surface area contributed by atoms with Crippen molar-refractivity contribution in [1.82, 2.24) is 9.97 Å². The second kappa shape index (κ2) is 9.20. The third kappa shape index (κ3) is 4.58. The Bertz CT molecular complexity index is 1210. The lowest BCUT2D eigenvalue weighted by atomic mass is 10.0. The Morgan fingerprint density at radius 2 is 1.93 bits per heavy atom. The fourth-order valence-corrected chi connectivity index (χ4v) is 4.34. The molecule has 5 heteroatoms. The summed E-state index contributed by atoms with van der Waals surface area (Å²) in [6, 6.07) is 18.2. The highest BCUT2D eigenvalue weighted by atomic mass is 32.1. The average Bonchev–Trinajstić information content (AvgIpc) is 3.23. The van der Waals surface area contributed by atoms with E-state index in [-0.39, 0.29) is 5.56 Å². The summed E-state index contributed by atoms with van der Waals surface area (Å²) in [6.45, 7) is 5.50. The van der Waals surface area contributed by atoms with Gasteiger partial charge in [-0.25, -0.2) is 4.98 Å². The fraction of sp³-hybridized carbons (Fsp3) is 0.200. The van der Waals surface area contributed by atoms with Gasteiger partial charge in [-0.05, 0) is 59.9 Å². The summed E-state index contributed by atoms with van der Waals surface area (Å²) in [7, 11) is 0. The number of rotatable bonds is 7. The molecule has 2 heterocycles. The van der Waals surface area contributed by atoms with Crippen LogP contribution in [0.4, 0.5) is 0 Å². The van der Waals surface area contributed by atoms with Gasteiger partial charge in [-0.15, -0.1) is 11.3 Å². The Morgan fingerprint density at radius 3 is 2.77 bits per heavy atom. The van der Waals surface area contributed by atoms with Gasteiger partial charge in [-0.1, -0.05) is 36.4 Å². The van der Waals surface area contributed by atoms with E-state index in [0.29, 0.717) is 18.8 Å². The number of nitrogens with zero attached hydrogens (tertiary/aromatic N) is 1. The van der Waals surface area contributed by atoms with Crippen LogP contribution in [0.25, 0.3) is 21.6 Å². The summed E-state index contributed by atoms with van der Waals surface area (Å²) in [6.07, 6.45) is 4.37. The molecule has 1 N–H and O–H groups in total. The first-order chi connectivity index (χ1) is 14.6. The zero-order valence-corrected chi connectivity index (χ0v) is 18.0. The molecule has 4 nitrogen and oxygen atoms in total. The van der Waals surface area contributed by atoms with E-state index in [1.54, 1.807) is 17.5 Å². The molecule has 4 rings (SSSR count). The van der Waals surface area contributed by atoms with E-state index in [4.69, 9.17) is 4.74 Å². The first-order valence-electron chi connectivity index (χ1n) is 10.0. The zero-order valence-electron chi connectivity index (χ0n) is 17.1.